The minimum Gasteiger partial charge on any atom is -0.497 e. The Balaban J connectivity index is 1.56. The molecule has 5 rings (SSSR count). The summed E-state index contributed by atoms with van der Waals surface area (Å²) in [7, 11) is 3.12. The third-order valence-corrected chi connectivity index (χ3v) is 7.56. The molecule has 0 bridgehead atoms. The van der Waals surface area contributed by atoms with Crippen molar-refractivity contribution in [3.8, 4) is 11.5 Å². The van der Waals surface area contributed by atoms with E-state index in [0.717, 1.165) is 24.1 Å². The second-order valence-corrected chi connectivity index (χ2v) is 9.91. The first-order valence-electron chi connectivity index (χ1n) is 12.9. The van der Waals surface area contributed by atoms with Crippen molar-refractivity contribution in [3.05, 3.63) is 81.9 Å². The third-order valence-electron chi connectivity index (χ3n) is 7.56. The minimum absolute atomic E-state index is 0.0834. The summed E-state index contributed by atoms with van der Waals surface area (Å²) in [5, 5.41) is 3.34. The molecule has 1 N–H and O–H groups in total. The molecule has 3 aliphatic rings. The Labute approximate surface area is 221 Å². The summed E-state index contributed by atoms with van der Waals surface area (Å²) < 4.78 is 36.1. The number of halogens is 1. The molecular weight excluding hydrogens is 489 g/mol. The fourth-order valence-corrected chi connectivity index (χ4v) is 5.68. The first-order chi connectivity index (χ1) is 18.4. The number of esters is 1. The van der Waals surface area contributed by atoms with Gasteiger partial charge >= 0.3 is 5.97 Å². The maximum absolute atomic E-state index is 13.8. The third kappa shape index (κ3) is 5.05. The van der Waals surface area contributed by atoms with Crippen LogP contribution in [0.2, 0.25) is 0 Å². The van der Waals surface area contributed by atoms with Crippen molar-refractivity contribution >= 4 is 11.8 Å². The minimum atomic E-state index is -0.699. The van der Waals surface area contributed by atoms with Gasteiger partial charge in [0.1, 0.15) is 23.9 Å². The molecular formula is C30H32FNO6. The van der Waals surface area contributed by atoms with Crippen molar-refractivity contribution < 1.29 is 32.9 Å². The van der Waals surface area contributed by atoms with E-state index >= 15 is 0 Å². The normalized spacial score (nSPS) is 23.2. The van der Waals surface area contributed by atoms with Gasteiger partial charge in [0.05, 0.1) is 31.8 Å². The zero-order valence-electron chi connectivity index (χ0n) is 21.8. The van der Waals surface area contributed by atoms with Crippen molar-refractivity contribution in [2.45, 2.75) is 50.5 Å². The number of Topliss-reactive ketones (excluding diaryl/α,β-unsaturated/α-hetero) is 1. The van der Waals surface area contributed by atoms with E-state index in [0.29, 0.717) is 46.9 Å². The number of dihydropyridines is 1. The molecule has 2 heterocycles. The predicted octanol–water partition coefficient (Wildman–Crippen LogP) is 4.93. The summed E-state index contributed by atoms with van der Waals surface area (Å²) >= 11 is 0. The fourth-order valence-electron chi connectivity index (χ4n) is 5.68. The fraction of sp³-hybridized carbons (Fsp3) is 0.400. The van der Waals surface area contributed by atoms with E-state index in [9.17, 15) is 14.0 Å². The van der Waals surface area contributed by atoms with Gasteiger partial charge in [-0.05, 0) is 68.0 Å². The lowest BCUT2D eigenvalue weighted by Crippen LogP contribution is -2.36. The van der Waals surface area contributed by atoms with Crippen LogP contribution in [0.15, 0.2) is 65.0 Å². The Bertz CT molecular complexity index is 1290. The predicted molar refractivity (Wildman–Crippen MR) is 138 cm³/mol. The number of ketones is 1. The van der Waals surface area contributed by atoms with Crippen LogP contribution in [0.4, 0.5) is 4.39 Å². The molecule has 0 amide bonds. The Hall–Kier alpha value is -3.65. The molecule has 1 saturated heterocycles. The molecule has 38 heavy (non-hydrogen) atoms. The van der Waals surface area contributed by atoms with Gasteiger partial charge in [-0.15, -0.1) is 0 Å². The van der Waals surface area contributed by atoms with Crippen LogP contribution in [0, 0.1) is 5.82 Å². The van der Waals surface area contributed by atoms with E-state index in [2.05, 4.69) is 5.32 Å². The summed E-state index contributed by atoms with van der Waals surface area (Å²) in [6, 6.07) is 11.6. The van der Waals surface area contributed by atoms with Gasteiger partial charge in [-0.25, -0.2) is 9.18 Å². The SMILES string of the molecule is COc1ccc(OC)c([C@@H]2C(C(=O)OC[C@@H]3CCCO3)=C(C)NC3=C2C(=O)C[C@@H](c2ccc(F)cc2)C3)c1. The number of hydrogen-bond donors (Lipinski definition) is 1. The monoisotopic (exact) mass is 521 g/mol. The smallest absolute Gasteiger partial charge is 0.336 e. The molecule has 1 fully saturated rings. The Morgan fingerprint density at radius 1 is 1.11 bits per heavy atom. The summed E-state index contributed by atoms with van der Waals surface area (Å²) in [6.07, 6.45) is 2.45. The lowest BCUT2D eigenvalue weighted by atomic mass is 9.71. The summed E-state index contributed by atoms with van der Waals surface area (Å²) in [5.41, 5.74) is 3.79. The highest BCUT2D eigenvalue weighted by Crippen LogP contribution is 2.48. The van der Waals surface area contributed by atoms with Gasteiger partial charge in [0.25, 0.3) is 0 Å². The average molecular weight is 522 g/mol. The molecule has 0 saturated carbocycles. The molecule has 7 nitrogen and oxygen atoms in total. The molecule has 2 aromatic carbocycles. The second kappa shape index (κ2) is 11.0. The number of allylic oxidation sites excluding steroid dienone is 3. The lowest BCUT2D eigenvalue weighted by molar-refractivity contribution is -0.142. The maximum Gasteiger partial charge on any atom is 0.336 e. The van der Waals surface area contributed by atoms with Crippen molar-refractivity contribution in [2.75, 3.05) is 27.4 Å². The number of carbonyl (C=O) groups is 2. The van der Waals surface area contributed by atoms with Gasteiger partial charge in [0, 0.05) is 35.6 Å². The van der Waals surface area contributed by atoms with Gasteiger partial charge in [0.2, 0.25) is 0 Å². The number of ether oxygens (including phenoxy) is 4. The quantitative estimate of drug-likeness (QED) is 0.518. The summed E-state index contributed by atoms with van der Waals surface area (Å²) in [5.74, 6) is -0.589. The van der Waals surface area contributed by atoms with Crippen molar-refractivity contribution in [3.63, 3.8) is 0 Å². The van der Waals surface area contributed by atoms with E-state index < -0.39 is 11.9 Å². The van der Waals surface area contributed by atoms with Crippen LogP contribution < -0.4 is 14.8 Å². The number of benzene rings is 2. The van der Waals surface area contributed by atoms with Gasteiger partial charge in [-0.1, -0.05) is 12.1 Å². The van der Waals surface area contributed by atoms with E-state index in [4.69, 9.17) is 18.9 Å². The molecule has 200 valence electrons. The summed E-state index contributed by atoms with van der Waals surface area (Å²) in [4.78, 5) is 27.4. The number of hydrogen-bond acceptors (Lipinski definition) is 7. The van der Waals surface area contributed by atoms with Crippen LogP contribution in [0.25, 0.3) is 0 Å². The van der Waals surface area contributed by atoms with Crippen LogP contribution in [0.5, 0.6) is 11.5 Å². The first kappa shape index (κ1) is 26.0. The highest BCUT2D eigenvalue weighted by atomic mass is 19.1. The molecule has 2 aromatic rings. The van der Waals surface area contributed by atoms with Crippen LogP contribution in [0.1, 0.15) is 55.6 Å². The van der Waals surface area contributed by atoms with Crippen molar-refractivity contribution in [1.29, 1.82) is 0 Å². The van der Waals surface area contributed by atoms with Crippen LogP contribution in [-0.4, -0.2) is 45.3 Å². The molecule has 0 radical (unpaired) electrons. The van der Waals surface area contributed by atoms with E-state index in [-0.39, 0.29) is 36.7 Å². The molecule has 1 aliphatic carbocycles. The molecule has 2 aliphatic heterocycles. The topological polar surface area (TPSA) is 83.1 Å². The molecule has 3 atom stereocenters. The van der Waals surface area contributed by atoms with Gasteiger partial charge in [0.15, 0.2) is 5.78 Å². The zero-order valence-corrected chi connectivity index (χ0v) is 21.8. The number of nitrogens with one attached hydrogen (secondary N) is 1. The summed E-state index contributed by atoms with van der Waals surface area (Å²) in [6.45, 7) is 2.64. The number of methoxy groups -OCH3 is 2. The van der Waals surface area contributed by atoms with Crippen LogP contribution in [-0.2, 0) is 19.1 Å². The molecule has 0 unspecified atom stereocenters. The van der Waals surface area contributed by atoms with Gasteiger partial charge in [-0.3, -0.25) is 4.79 Å². The Kier molecular flexibility index (Phi) is 7.51. The highest BCUT2D eigenvalue weighted by molar-refractivity contribution is 6.04. The molecule has 0 aromatic heterocycles. The Morgan fingerprint density at radius 3 is 2.58 bits per heavy atom. The first-order valence-corrected chi connectivity index (χ1v) is 12.9. The standard InChI is InChI=1S/C30H32FNO6/c1-17-27(30(34)38-16-22-5-4-12-37-22)28(23-15-21(35-2)10-11-26(23)36-3)29-24(32-17)13-19(14-25(29)33)18-6-8-20(31)9-7-18/h6-11,15,19,22,28,32H,4-5,12-14,16H2,1-3H3/t19-,22-,28+/m0/s1. The maximum atomic E-state index is 13.8. The molecule has 0 spiro atoms. The van der Waals surface area contributed by atoms with Crippen molar-refractivity contribution in [1.82, 2.24) is 5.32 Å². The van der Waals surface area contributed by atoms with Gasteiger partial charge in [-0.2, -0.15) is 0 Å². The lowest BCUT2D eigenvalue weighted by Gasteiger charge is -2.37. The van der Waals surface area contributed by atoms with E-state index in [1.165, 1.54) is 12.1 Å². The number of carbonyl (C=O) groups excluding carboxylic acids is 2. The molecule has 8 heteroatoms. The van der Waals surface area contributed by atoms with E-state index in [1.807, 2.05) is 6.92 Å². The highest BCUT2D eigenvalue weighted by Gasteiger charge is 2.42. The van der Waals surface area contributed by atoms with Crippen LogP contribution >= 0.6 is 0 Å². The largest absolute Gasteiger partial charge is 0.497 e. The number of rotatable bonds is 7. The Morgan fingerprint density at radius 2 is 1.89 bits per heavy atom. The zero-order chi connectivity index (χ0) is 26.8. The average Bonchev–Trinajstić information content (AvgIpc) is 3.44. The van der Waals surface area contributed by atoms with E-state index in [1.54, 1.807) is 44.6 Å². The second-order valence-electron chi connectivity index (χ2n) is 9.91. The van der Waals surface area contributed by atoms with Crippen molar-refractivity contribution in [2.24, 2.45) is 0 Å². The van der Waals surface area contributed by atoms with Crippen LogP contribution in [0.3, 0.4) is 0 Å². The van der Waals surface area contributed by atoms with Gasteiger partial charge < -0.3 is 24.3 Å².